The number of ether oxygens (including phenoxy) is 1. The minimum atomic E-state index is -0.694. The molecule has 5 heteroatoms. The molecule has 0 radical (unpaired) electrons. The lowest BCUT2D eigenvalue weighted by atomic mass is 10.0. The number of amides is 1. The third-order valence-electron chi connectivity index (χ3n) is 2.38. The minimum absolute atomic E-state index is 0.327. The van der Waals surface area contributed by atoms with Crippen molar-refractivity contribution in [3.63, 3.8) is 0 Å². The van der Waals surface area contributed by atoms with Gasteiger partial charge in [0, 0.05) is 6.07 Å². The number of carbonyl (C=O) groups is 1. The van der Waals surface area contributed by atoms with Gasteiger partial charge in [0.15, 0.2) is 0 Å². The van der Waals surface area contributed by atoms with Gasteiger partial charge in [-0.2, -0.15) is 0 Å². The molecule has 1 aromatic carbocycles. The van der Waals surface area contributed by atoms with E-state index >= 15 is 0 Å². The molecule has 0 saturated heterocycles. The standard InChI is InChI=1S/C15H19F2NO2/c1-5-6-13(18-14(19)20-15(2,3)4)10-7-11(16)9-12(17)8-10/h5,7-9,13H,1,6H2,2-4H3,(H,18,19)/t13-/m0/s1. The second-order valence-electron chi connectivity index (χ2n) is 5.43. The van der Waals surface area contributed by atoms with Crippen LogP contribution in [-0.4, -0.2) is 11.7 Å². The summed E-state index contributed by atoms with van der Waals surface area (Å²) in [7, 11) is 0. The van der Waals surface area contributed by atoms with E-state index < -0.39 is 29.4 Å². The maximum atomic E-state index is 13.2. The van der Waals surface area contributed by atoms with Crippen molar-refractivity contribution in [3.05, 3.63) is 48.1 Å². The summed E-state index contributed by atoms with van der Waals surface area (Å²) in [5.41, 5.74) is -0.316. The van der Waals surface area contributed by atoms with Gasteiger partial charge < -0.3 is 10.1 Å². The molecule has 0 bridgehead atoms. The van der Waals surface area contributed by atoms with Gasteiger partial charge >= 0.3 is 6.09 Å². The summed E-state index contributed by atoms with van der Waals surface area (Å²) in [5.74, 6) is -1.39. The fourth-order valence-corrected chi connectivity index (χ4v) is 1.67. The van der Waals surface area contributed by atoms with E-state index in [0.29, 0.717) is 12.0 Å². The van der Waals surface area contributed by atoms with Gasteiger partial charge in [0.1, 0.15) is 17.2 Å². The average molecular weight is 283 g/mol. The van der Waals surface area contributed by atoms with Crippen molar-refractivity contribution < 1.29 is 18.3 Å². The molecule has 0 aliphatic rings. The van der Waals surface area contributed by atoms with Crippen LogP contribution in [0.3, 0.4) is 0 Å². The number of alkyl carbamates (subject to hydrolysis) is 1. The second kappa shape index (κ2) is 6.50. The van der Waals surface area contributed by atoms with Gasteiger partial charge in [0.2, 0.25) is 0 Å². The van der Waals surface area contributed by atoms with E-state index in [1.807, 2.05) is 0 Å². The first-order valence-electron chi connectivity index (χ1n) is 6.27. The zero-order chi connectivity index (χ0) is 15.3. The molecule has 1 rings (SSSR count). The third kappa shape index (κ3) is 5.38. The summed E-state index contributed by atoms with van der Waals surface area (Å²) < 4.78 is 31.6. The molecule has 0 spiro atoms. The molecule has 0 unspecified atom stereocenters. The number of carbonyl (C=O) groups excluding carboxylic acids is 1. The smallest absolute Gasteiger partial charge is 0.408 e. The SMILES string of the molecule is C=CC[C@H](NC(=O)OC(C)(C)C)c1cc(F)cc(F)c1. The molecule has 0 aliphatic carbocycles. The molecule has 1 N–H and O–H groups in total. The lowest BCUT2D eigenvalue weighted by Gasteiger charge is -2.23. The molecule has 1 amide bonds. The molecule has 0 fully saturated rings. The number of benzene rings is 1. The first-order valence-corrected chi connectivity index (χ1v) is 6.27. The second-order valence-corrected chi connectivity index (χ2v) is 5.43. The van der Waals surface area contributed by atoms with Crippen molar-refractivity contribution in [1.29, 1.82) is 0 Å². The lowest BCUT2D eigenvalue weighted by Crippen LogP contribution is -2.34. The predicted molar refractivity (Wildman–Crippen MR) is 73.3 cm³/mol. The van der Waals surface area contributed by atoms with Gasteiger partial charge in [-0.3, -0.25) is 0 Å². The van der Waals surface area contributed by atoms with Gasteiger partial charge in [-0.25, -0.2) is 13.6 Å². The van der Waals surface area contributed by atoms with Crippen LogP contribution in [0.25, 0.3) is 0 Å². The van der Waals surface area contributed by atoms with Gasteiger partial charge in [0.05, 0.1) is 6.04 Å². The van der Waals surface area contributed by atoms with Gasteiger partial charge in [-0.1, -0.05) is 6.08 Å². The van der Waals surface area contributed by atoms with E-state index in [1.54, 1.807) is 26.8 Å². The number of hydrogen-bond donors (Lipinski definition) is 1. The summed E-state index contributed by atoms with van der Waals surface area (Å²) >= 11 is 0. The first-order chi connectivity index (χ1) is 9.21. The first kappa shape index (κ1) is 16.1. The summed E-state index contributed by atoms with van der Waals surface area (Å²) in [4.78, 5) is 11.7. The molecule has 1 aromatic rings. The van der Waals surface area contributed by atoms with Crippen LogP contribution in [0.1, 0.15) is 38.8 Å². The topological polar surface area (TPSA) is 38.3 Å². The van der Waals surface area contributed by atoms with Crippen molar-refractivity contribution in [2.45, 2.75) is 38.8 Å². The van der Waals surface area contributed by atoms with Gasteiger partial charge in [-0.15, -0.1) is 6.58 Å². The normalized spacial score (nSPS) is 12.7. The number of halogens is 2. The zero-order valence-corrected chi connectivity index (χ0v) is 11.9. The van der Waals surface area contributed by atoms with E-state index in [1.165, 1.54) is 12.1 Å². The molecule has 3 nitrogen and oxygen atoms in total. The number of rotatable bonds is 4. The van der Waals surface area contributed by atoms with Gasteiger partial charge in [0.25, 0.3) is 0 Å². The van der Waals surface area contributed by atoms with E-state index in [4.69, 9.17) is 4.74 Å². The molecule has 110 valence electrons. The maximum absolute atomic E-state index is 13.2. The van der Waals surface area contributed by atoms with Crippen molar-refractivity contribution in [1.82, 2.24) is 5.32 Å². The highest BCUT2D eigenvalue weighted by Crippen LogP contribution is 2.20. The van der Waals surface area contributed by atoms with E-state index in [9.17, 15) is 13.6 Å². The molecule has 0 aliphatic heterocycles. The Balaban J connectivity index is 2.88. The van der Waals surface area contributed by atoms with Crippen molar-refractivity contribution in [2.24, 2.45) is 0 Å². The molecule has 0 saturated carbocycles. The lowest BCUT2D eigenvalue weighted by molar-refractivity contribution is 0.0504. The Morgan fingerprint density at radius 3 is 2.35 bits per heavy atom. The highest BCUT2D eigenvalue weighted by molar-refractivity contribution is 5.68. The zero-order valence-electron chi connectivity index (χ0n) is 11.9. The Hall–Kier alpha value is -1.91. The van der Waals surface area contributed by atoms with E-state index in [2.05, 4.69) is 11.9 Å². The summed E-state index contributed by atoms with van der Waals surface area (Å²) in [6, 6.07) is 2.54. The average Bonchev–Trinajstić information content (AvgIpc) is 2.24. The van der Waals surface area contributed by atoms with Crippen LogP contribution in [0.15, 0.2) is 30.9 Å². The van der Waals surface area contributed by atoms with Crippen molar-refractivity contribution in [3.8, 4) is 0 Å². The Bertz CT molecular complexity index is 475. The van der Waals surface area contributed by atoms with Crippen LogP contribution in [0, 0.1) is 11.6 Å². The monoisotopic (exact) mass is 283 g/mol. The fourth-order valence-electron chi connectivity index (χ4n) is 1.67. The number of nitrogens with one attached hydrogen (secondary N) is 1. The highest BCUT2D eigenvalue weighted by Gasteiger charge is 2.20. The van der Waals surface area contributed by atoms with Crippen molar-refractivity contribution >= 4 is 6.09 Å². The Morgan fingerprint density at radius 2 is 1.90 bits per heavy atom. The van der Waals surface area contributed by atoms with E-state index in [-0.39, 0.29) is 0 Å². The Morgan fingerprint density at radius 1 is 1.35 bits per heavy atom. The quantitative estimate of drug-likeness (QED) is 0.845. The summed E-state index contributed by atoms with van der Waals surface area (Å²) in [6.45, 7) is 8.77. The summed E-state index contributed by atoms with van der Waals surface area (Å²) in [5, 5.41) is 2.58. The molecule has 0 heterocycles. The van der Waals surface area contributed by atoms with Crippen molar-refractivity contribution in [2.75, 3.05) is 0 Å². The predicted octanol–water partition coefficient (Wildman–Crippen LogP) is 4.11. The largest absolute Gasteiger partial charge is 0.444 e. The minimum Gasteiger partial charge on any atom is -0.444 e. The van der Waals surface area contributed by atoms with Crippen LogP contribution >= 0.6 is 0 Å². The Labute approximate surface area is 117 Å². The van der Waals surface area contributed by atoms with Crippen LogP contribution in [-0.2, 0) is 4.74 Å². The fraction of sp³-hybridized carbons (Fsp3) is 0.400. The van der Waals surface area contributed by atoms with Crippen LogP contribution in [0.2, 0.25) is 0 Å². The van der Waals surface area contributed by atoms with E-state index in [0.717, 1.165) is 6.07 Å². The maximum Gasteiger partial charge on any atom is 0.408 e. The third-order valence-corrected chi connectivity index (χ3v) is 2.38. The molecular weight excluding hydrogens is 264 g/mol. The molecule has 1 atom stereocenters. The van der Waals surface area contributed by atoms with Crippen LogP contribution in [0.4, 0.5) is 13.6 Å². The summed E-state index contributed by atoms with van der Waals surface area (Å²) in [6.07, 6.45) is 1.25. The van der Waals surface area contributed by atoms with Crippen LogP contribution in [0.5, 0.6) is 0 Å². The number of hydrogen-bond acceptors (Lipinski definition) is 2. The van der Waals surface area contributed by atoms with Gasteiger partial charge in [-0.05, 0) is 44.9 Å². The highest BCUT2D eigenvalue weighted by atomic mass is 19.1. The Kier molecular flexibility index (Phi) is 5.25. The molecule has 0 aromatic heterocycles. The molecule has 20 heavy (non-hydrogen) atoms. The molecular formula is C15H19F2NO2. The van der Waals surface area contributed by atoms with Crippen LogP contribution < -0.4 is 5.32 Å².